The molecule has 0 bridgehead atoms. The molecule has 118 valence electrons. The fourth-order valence-electron chi connectivity index (χ4n) is 0.874. The van der Waals surface area contributed by atoms with Gasteiger partial charge in [0.25, 0.3) is 0 Å². The van der Waals surface area contributed by atoms with Crippen LogP contribution in [0.5, 0.6) is 0 Å². The van der Waals surface area contributed by atoms with Crippen LogP contribution in [0.15, 0.2) is 0 Å². The standard InChI is InChI=1S/C8H15NO4.C2HF3O2/c1-2-3-4-9-6(8(12)13)5-7(10)11;3-2(4,5)1(6)7/h6,9H,2-5H2,1H3,(H,10,11)(H,12,13);(H,6,7). The van der Waals surface area contributed by atoms with Crippen molar-refractivity contribution in [2.45, 2.75) is 38.4 Å². The molecule has 0 aliphatic carbocycles. The third kappa shape index (κ3) is 12.6. The number of hydrogen-bond acceptors (Lipinski definition) is 4. The number of aliphatic carboxylic acids is 3. The van der Waals surface area contributed by atoms with E-state index in [-0.39, 0.29) is 6.42 Å². The Kier molecular flexibility index (Phi) is 10.2. The van der Waals surface area contributed by atoms with Crippen molar-refractivity contribution in [1.29, 1.82) is 0 Å². The lowest BCUT2D eigenvalue weighted by Crippen LogP contribution is -2.38. The van der Waals surface area contributed by atoms with Gasteiger partial charge in [0.1, 0.15) is 6.04 Å². The zero-order valence-corrected chi connectivity index (χ0v) is 10.6. The number of alkyl halides is 3. The molecule has 0 aromatic rings. The van der Waals surface area contributed by atoms with E-state index in [0.29, 0.717) is 6.54 Å². The van der Waals surface area contributed by atoms with Gasteiger partial charge in [-0.15, -0.1) is 0 Å². The van der Waals surface area contributed by atoms with E-state index < -0.39 is 30.1 Å². The molecular weight excluding hydrogens is 287 g/mol. The van der Waals surface area contributed by atoms with Crippen LogP contribution in [0, 0.1) is 0 Å². The third-order valence-electron chi connectivity index (χ3n) is 1.84. The van der Waals surface area contributed by atoms with Crippen molar-refractivity contribution in [2.24, 2.45) is 0 Å². The Morgan fingerprint density at radius 2 is 1.60 bits per heavy atom. The topological polar surface area (TPSA) is 124 Å². The molecular formula is C10H16F3NO6. The molecule has 0 aliphatic rings. The first-order valence-electron chi connectivity index (χ1n) is 5.50. The zero-order valence-electron chi connectivity index (χ0n) is 10.6. The normalized spacial score (nSPS) is 12.0. The second-order valence-corrected chi connectivity index (χ2v) is 3.60. The van der Waals surface area contributed by atoms with E-state index in [2.05, 4.69) is 5.32 Å². The third-order valence-corrected chi connectivity index (χ3v) is 1.84. The van der Waals surface area contributed by atoms with E-state index in [9.17, 15) is 22.8 Å². The Hall–Kier alpha value is -1.84. The van der Waals surface area contributed by atoms with Gasteiger partial charge in [0.05, 0.1) is 6.42 Å². The summed E-state index contributed by atoms with van der Waals surface area (Å²) in [5, 5.41) is 26.8. The summed E-state index contributed by atoms with van der Waals surface area (Å²) >= 11 is 0. The Balaban J connectivity index is 0. The second kappa shape index (κ2) is 10.0. The molecule has 0 radical (unpaired) electrons. The van der Waals surface area contributed by atoms with E-state index in [1.807, 2.05) is 6.92 Å². The maximum Gasteiger partial charge on any atom is 0.490 e. The molecule has 0 fully saturated rings. The second-order valence-electron chi connectivity index (χ2n) is 3.60. The van der Waals surface area contributed by atoms with Crippen molar-refractivity contribution in [2.75, 3.05) is 6.54 Å². The zero-order chi connectivity index (χ0) is 16.3. The smallest absolute Gasteiger partial charge is 0.481 e. The molecule has 0 saturated heterocycles. The summed E-state index contributed by atoms with van der Waals surface area (Å²) in [6.45, 7) is 2.52. The number of unbranched alkanes of at least 4 members (excludes halogenated alkanes) is 1. The molecule has 20 heavy (non-hydrogen) atoms. The van der Waals surface area contributed by atoms with Crippen LogP contribution in [0.3, 0.4) is 0 Å². The number of rotatable bonds is 7. The Morgan fingerprint density at radius 3 is 1.85 bits per heavy atom. The van der Waals surface area contributed by atoms with E-state index in [1.54, 1.807) is 0 Å². The number of halogens is 3. The number of hydrogen-bond donors (Lipinski definition) is 4. The highest BCUT2D eigenvalue weighted by Gasteiger charge is 2.38. The Morgan fingerprint density at radius 1 is 1.15 bits per heavy atom. The van der Waals surface area contributed by atoms with Gasteiger partial charge in [-0.05, 0) is 13.0 Å². The van der Waals surface area contributed by atoms with Gasteiger partial charge in [-0.2, -0.15) is 13.2 Å². The van der Waals surface area contributed by atoms with E-state index in [0.717, 1.165) is 12.8 Å². The van der Waals surface area contributed by atoms with Crippen molar-refractivity contribution in [3.8, 4) is 0 Å². The fraction of sp³-hybridized carbons (Fsp3) is 0.700. The lowest BCUT2D eigenvalue weighted by Gasteiger charge is -2.11. The van der Waals surface area contributed by atoms with Crippen molar-refractivity contribution < 1.29 is 42.9 Å². The minimum atomic E-state index is -5.08. The van der Waals surface area contributed by atoms with Gasteiger partial charge in [-0.25, -0.2) is 4.79 Å². The van der Waals surface area contributed by atoms with Gasteiger partial charge in [0.2, 0.25) is 0 Å². The number of nitrogens with one attached hydrogen (secondary N) is 1. The minimum absolute atomic E-state index is 0.376. The van der Waals surface area contributed by atoms with Crippen molar-refractivity contribution in [3.05, 3.63) is 0 Å². The summed E-state index contributed by atoms with van der Waals surface area (Å²) in [4.78, 5) is 29.6. The van der Waals surface area contributed by atoms with Gasteiger partial charge < -0.3 is 20.6 Å². The van der Waals surface area contributed by atoms with Crippen LogP contribution in [0.25, 0.3) is 0 Å². The van der Waals surface area contributed by atoms with Crippen LogP contribution >= 0.6 is 0 Å². The summed E-state index contributed by atoms with van der Waals surface area (Å²) in [5.74, 6) is -4.97. The highest BCUT2D eigenvalue weighted by molar-refractivity contribution is 5.80. The minimum Gasteiger partial charge on any atom is -0.481 e. The number of carbonyl (C=O) groups is 3. The summed E-state index contributed by atoms with van der Waals surface area (Å²) in [6, 6.07) is -0.968. The molecule has 10 heteroatoms. The largest absolute Gasteiger partial charge is 0.490 e. The molecule has 0 aromatic carbocycles. The SMILES string of the molecule is CCCCNC(CC(=O)O)C(=O)O.O=C(O)C(F)(F)F. The van der Waals surface area contributed by atoms with Crippen molar-refractivity contribution >= 4 is 17.9 Å². The quantitative estimate of drug-likeness (QED) is 0.516. The van der Waals surface area contributed by atoms with Gasteiger partial charge in [0, 0.05) is 0 Å². The first kappa shape index (κ1) is 20.5. The van der Waals surface area contributed by atoms with E-state index in [4.69, 9.17) is 20.1 Å². The lowest BCUT2D eigenvalue weighted by atomic mass is 10.2. The predicted octanol–water partition coefficient (Wildman–Crippen LogP) is 0.937. The van der Waals surface area contributed by atoms with Crippen LogP contribution in [0.1, 0.15) is 26.2 Å². The van der Waals surface area contributed by atoms with Crippen molar-refractivity contribution in [1.82, 2.24) is 5.32 Å². The molecule has 0 spiro atoms. The molecule has 0 heterocycles. The van der Waals surface area contributed by atoms with Gasteiger partial charge in [-0.1, -0.05) is 13.3 Å². The molecule has 7 nitrogen and oxygen atoms in total. The summed E-state index contributed by atoms with van der Waals surface area (Å²) in [5.41, 5.74) is 0. The van der Waals surface area contributed by atoms with E-state index in [1.165, 1.54) is 0 Å². The van der Waals surface area contributed by atoms with Crippen LogP contribution < -0.4 is 5.32 Å². The predicted molar refractivity (Wildman–Crippen MR) is 60.3 cm³/mol. The molecule has 0 saturated carbocycles. The fourth-order valence-corrected chi connectivity index (χ4v) is 0.874. The van der Waals surface area contributed by atoms with Gasteiger partial charge in [0.15, 0.2) is 0 Å². The summed E-state index contributed by atoms with van der Waals surface area (Å²) in [7, 11) is 0. The molecule has 0 rings (SSSR count). The monoisotopic (exact) mass is 303 g/mol. The maximum atomic E-state index is 10.6. The van der Waals surface area contributed by atoms with Crippen LogP contribution in [0.2, 0.25) is 0 Å². The first-order valence-corrected chi connectivity index (χ1v) is 5.50. The van der Waals surface area contributed by atoms with Gasteiger partial charge >= 0.3 is 24.1 Å². The molecule has 1 atom stereocenters. The molecule has 0 amide bonds. The highest BCUT2D eigenvalue weighted by atomic mass is 19.4. The molecule has 4 N–H and O–H groups in total. The van der Waals surface area contributed by atoms with Gasteiger partial charge in [-0.3, -0.25) is 9.59 Å². The average Bonchev–Trinajstić information content (AvgIpc) is 2.26. The molecule has 0 aliphatic heterocycles. The average molecular weight is 303 g/mol. The lowest BCUT2D eigenvalue weighted by molar-refractivity contribution is -0.192. The van der Waals surface area contributed by atoms with E-state index >= 15 is 0 Å². The summed E-state index contributed by atoms with van der Waals surface area (Å²) < 4.78 is 31.7. The Bertz CT molecular complexity index is 331. The highest BCUT2D eigenvalue weighted by Crippen LogP contribution is 2.13. The number of carboxylic acid groups (broad SMARTS) is 3. The Labute approximate surface area is 112 Å². The van der Waals surface area contributed by atoms with Crippen molar-refractivity contribution in [3.63, 3.8) is 0 Å². The maximum absolute atomic E-state index is 10.6. The van der Waals surface area contributed by atoms with Crippen LogP contribution in [0.4, 0.5) is 13.2 Å². The molecule has 1 unspecified atom stereocenters. The first-order chi connectivity index (χ1) is 9.02. The van der Waals surface area contributed by atoms with Crippen LogP contribution in [-0.4, -0.2) is 52.0 Å². The summed E-state index contributed by atoms with van der Waals surface area (Å²) in [6.07, 6.45) is -3.66. The van der Waals surface area contributed by atoms with Crippen LogP contribution in [-0.2, 0) is 14.4 Å². The molecule has 0 aromatic heterocycles. The number of carboxylic acids is 3.